The summed E-state index contributed by atoms with van der Waals surface area (Å²) in [6, 6.07) is 3.36. The van der Waals surface area contributed by atoms with Gasteiger partial charge >= 0.3 is 6.09 Å². The zero-order valence-electron chi connectivity index (χ0n) is 23.0. The molecule has 0 aromatic heterocycles. The fraction of sp³-hybridized carbons (Fsp3) is 0.621. The van der Waals surface area contributed by atoms with E-state index in [2.05, 4.69) is 16.3 Å². The van der Waals surface area contributed by atoms with Gasteiger partial charge in [0, 0.05) is 31.6 Å². The van der Waals surface area contributed by atoms with E-state index in [0.29, 0.717) is 18.2 Å². The number of rotatable bonds is 6. The summed E-state index contributed by atoms with van der Waals surface area (Å²) >= 11 is 0. The van der Waals surface area contributed by atoms with Crippen molar-refractivity contribution in [3.63, 3.8) is 0 Å². The van der Waals surface area contributed by atoms with E-state index in [1.54, 1.807) is 26.8 Å². The van der Waals surface area contributed by atoms with Gasteiger partial charge in [-0.05, 0) is 75.1 Å². The summed E-state index contributed by atoms with van der Waals surface area (Å²) in [7, 11) is 0. The van der Waals surface area contributed by atoms with Crippen LogP contribution in [0.25, 0.3) is 5.57 Å². The Balaban J connectivity index is 1.27. The molecule has 3 amide bonds. The van der Waals surface area contributed by atoms with Crippen LogP contribution in [-0.4, -0.2) is 83.8 Å². The summed E-state index contributed by atoms with van der Waals surface area (Å²) < 4.78 is 26.4. The molecule has 1 saturated carbocycles. The molecule has 9 nitrogen and oxygen atoms in total. The van der Waals surface area contributed by atoms with Gasteiger partial charge < -0.3 is 20.5 Å². The molecular weight excluding hydrogens is 503 g/mol. The quantitative estimate of drug-likeness (QED) is 0.571. The van der Waals surface area contributed by atoms with E-state index >= 15 is 4.39 Å². The van der Waals surface area contributed by atoms with Crippen LogP contribution < -0.4 is 11.1 Å². The molecule has 5 atom stereocenters. The molecule has 39 heavy (non-hydrogen) atoms. The SMILES string of the molecule is CC(C)(C)OC(=O)N1[C@@H]2CC[C@@H](C2)[C@H]1C(=O)N[C@@H](Cc1ccc(C2=CCN3CCOCC3C2)cc1F)C(N)=O. The van der Waals surface area contributed by atoms with Gasteiger partial charge in [-0.15, -0.1) is 0 Å². The first-order chi connectivity index (χ1) is 18.5. The van der Waals surface area contributed by atoms with Crippen LogP contribution in [0.1, 0.15) is 57.6 Å². The van der Waals surface area contributed by atoms with Crippen molar-refractivity contribution in [2.24, 2.45) is 11.7 Å². The number of hydrogen-bond acceptors (Lipinski definition) is 6. The number of hydrogen-bond donors (Lipinski definition) is 2. The smallest absolute Gasteiger partial charge is 0.411 e. The fourth-order valence-electron chi connectivity index (χ4n) is 6.43. The maximum Gasteiger partial charge on any atom is 0.411 e. The zero-order chi connectivity index (χ0) is 27.9. The van der Waals surface area contributed by atoms with E-state index in [0.717, 1.165) is 56.5 Å². The highest BCUT2D eigenvalue weighted by Crippen LogP contribution is 2.43. The van der Waals surface area contributed by atoms with E-state index in [9.17, 15) is 14.4 Å². The Morgan fingerprint density at radius 3 is 2.74 bits per heavy atom. The molecule has 1 aromatic carbocycles. The molecule has 5 rings (SSSR count). The van der Waals surface area contributed by atoms with Crippen molar-refractivity contribution >= 4 is 23.5 Å². The number of morpholine rings is 1. The first-order valence-corrected chi connectivity index (χ1v) is 13.9. The third-order valence-electron chi connectivity index (χ3n) is 8.34. The first-order valence-electron chi connectivity index (χ1n) is 13.9. The second-order valence-electron chi connectivity index (χ2n) is 12.2. The molecule has 212 valence electrons. The highest BCUT2D eigenvalue weighted by atomic mass is 19.1. The number of nitrogens with two attached hydrogens (primary N) is 1. The predicted molar refractivity (Wildman–Crippen MR) is 143 cm³/mol. The number of amides is 3. The van der Waals surface area contributed by atoms with E-state index in [1.807, 2.05) is 6.07 Å². The Morgan fingerprint density at radius 2 is 2.03 bits per heavy atom. The average Bonchev–Trinajstić information content (AvgIpc) is 3.50. The normalized spacial score (nSPS) is 27.5. The summed E-state index contributed by atoms with van der Waals surface area (Å²) in [5.74, 6) is -1.68. The van der Waals surface area contributed by atoms with Gasteiger partial charge in [-0.1, -0.05) is 18.2 Å². The topological polar surface area (TPSA) is 114 Å². The summed E-state index contributed by atoms with van der Waals surface area (Å²) in [6.07, 6.45) is 4.66. The molecule has 3 N–H and O–H groups in total. The number of carbonyl (C=O) groups excluding carboxylic acids is 3. The summed E-state index contributed by atoms with van der Waals surface area (Å²) in [5.41, 5.74) is 7.11. The number of likely N-dealkylation sites (tertiary alicyclic amines) is 1. The minimum Gasteiger partial charge on any atom is -0.444 e. The number of ether oxygens (including phenoxy) is 2. The molecule has 10 heteroatoms. The number of primary amides is 1. The van der Waals surface area contributed by atoms with Crippen molar-refractivity contribution in [1.82, 2.24) is 15.1 Å². The van der Waals surface area contributed by atoms with Gasteiger partial charge in [0.1, 0.15) is 23.5 Å². The number of nitrogens with zero attached hydrogens (tertiary/aromatic N) is 2. The molecule has 3 fully saturated rings. The Kier molecular flexibility index (Phi) is 7.70. The second-order valence-corrected chi connectivity index (χ2v) is 12.2. The van der Waals surface area contributed by atoms with Gasteiger partial charge in [-0.3, -0.25) is 19.4 Å². The number of benzene rings is 1. The maximum atomic E-state index is 15.3. The largest absolute Gasteiger partial charge is 0.444 e. The molecule has 0 radical (unpaired) electrons. The molecule has 3 aliphatic heterocycles. The number of nitrogens with one attached hydrogen (secondary N) is 1. The van der Waals surface area contributed by atoms with Crippen LogP contribution in [0.4, 0.5) is 9.18 Å². The van der Waals surface area contributed by atoms with Crippen LogP contribution in [0.3, 0.4) is 0 Å². The molecule has 2 saturated heterocycles. The molecule has 4 aliphatic rings. The zero-order valence-corrected chi connectivity index (χ0v) is 23.0. The lowest BCUT2D eigenvalue weighted by Crippen LogP contribution is -2.57. The minimum atomic E-state index is -1.11. The summed E-state index contributed by atoms with van der Waals surface area (Å²) in [4.78, 5) is 42.5. The monoisotopic (exact) mass is 542 g/mol. The van der Waals surface area contributed by atoms with Crippen LogP contribution in [0.2, 0.25) is 0 Å². The van der Waals surface area contributed by atoms with Crippen molar-refractivity contribution < 1.29 is 28.2 Å². The summed E-state index contributed by atoms with van der Waals surface area (Å²) in [5, 5.41) is 2.72. The molecule has 1 unspecified atom stereocenters. The second kappa shape index (κ2) is 10.9. The van der Waals surface area contributed by atoms with Crippen LogP contribution >= 0.6 is 0 Å². The van der Waals surface area contributed by atoms with Crippen LogP contribution in [-0.2, 0) is 25.5 Å². The minimum absolute atomic E-state index is 0.0127. The van der Waals surface area contributed by atoms with Crippen molar-refractivity contribution in [3.8, 4) is 0 Å². The Hall–Kier alpha value is -2.98. The Bertz CT molecular complexity index is 1160. The lowest BCUT2D eigenvalue weighted by Gasteiger charge is -2.38. The third-order valence-corrected chi connectivity index (χ3v) is 8.34. The standard InChI is InChI=1S/C29H39FN4O5/c1-29(2,3)39-28(37)34-21-7-6-20(13-21)25(34)27(36)32-24(26(31)35)15-19-5-4-17(14-23(19)30)18-8-9-33-10-11-38-16-22(33)12-18/h4-5,8,14,20-22,24-25H,6-7,9-13,15-16H2,1-3H3,(H2,31,35)(H,32,36)/t20-,21+,22?,24-,25-/m0/s1. The van der Waals surface area contributed by atoms with Gasteiger partial charge in [0.25, 0.3) is 0 Å². The van der Waals surface area contributed by atoms with Gasteiger partial charge in [0.05, 0.1) is 13.2 Å². The first kappa shape index (κ1) is 27.6. The molecule has 3 heterocycles. The van der Waals surface area contributed by atoms with Crippen LogP contribution in [0.5, 0.6) is 0 Å². The Morgan fingerprint density at radius 1 is 1.23 bits per heavy atom. The Labute approximate surface area is 228 Å². The van der Waals surface area contributed by atoms with Gasteiger partial charge in [-0.2, -0.15) is 0 Å². The van der Waals surface area contributed by atoms with E-state index < -0.39 is 41.4 Å². The van der Waals surface area contributed by atoms with E-state index in [1.165, 1.54) is 11.0 Å². The van der Waals surface area contributed by atoms with Gasteiger partial charge in [0.2, 0.25) is 11.8 Å². The van der Waals surface area contributed by atoms with Crippen LogP contribution in [0, 0.1) is 11.7 Å². The van der Waals surface area contributed by atoms with Gasteiger partial charge in [-0.25, -0.2) is 9.18 Å². The third kappa shape index (κ3) is 5.96. The highest BCUT2D eigenvalue weighted by Gasteiger charge is 2.52. The predicted octanol–water partition coefficient (Wildman–Crippen LogP) is 2.61. The lowest BCUT2D eigenvalue weighted by molar-refractivity contribution is -0.132. The molecular formula is C29H39FN4O5. The van der Waals surface area contributed by atoms with Crippen molar-refractivity contribution in [2.75, 3.05) is 26.3 Å². The maximum absolute atomic E-state index is 15.3. The van der Waals surface area contributed by atoms with Crippen LogP contribution in [0.15, 0.2) is 24.3 Å². The number of fused-ring (bicyclic) bond motifs is 3. The van der Waals surface area contributed by atoms with Crippen molar-refractivity contribution in [2.45, 2.75) is 82.6 Å². The lowest BCUT2D eigenvalue weighted by atomic mass is 9.92. The number of halogens is 1. The van der Waals surface area contributed by atoms with E-state index in [4.69, 9.17) is 15.2 Å². The van der Waals surface area contributed by atoms with Crippen molar-refractivity contribution in [1.29, 1.82) is 0 Å². The van der Waals surface area contributed by atoms with E-state index in [-0.39, 0.29) is 18.4 Å². The molecule has 1 aliphatic carbocycles. The average molecular weight is 543 g/mol. The molecule has 0 spiro atoms. The van der Waals surface area contributed by atoms with Crippen molar-refractivity contribution in [3.05, 3.63) is 41.2 Å². The number of carbonyl (C=O) groups is 3. The molecule has 2 bridgehead atoms. The molecule has 1 aromatic rings. The van der Waals surface area contributed by atoms with Gasteiger partial charge in [0.15, 0.2) is 0 Å². The highest BCUT2D eigenvalue weighted by molar-refractivity contribution is 5.91. The summed E-state index contributed by atoms with van der Waals surface area (Å²) in [6.45, 7) is 8.46. The fourth-order valence-corrected chi connectivity index (χ4v) is 6.43. The number of piperidine rings is 1.